The lowest BCUT2D eigenvalue weighted by Crippen LogP contribution is -2.42. The minimum absolute atomic E-state index is 0.304. The summed E-state index contributed by atoms with van der Waals surface area (Å²) in [5.41, 5.74) is 6.40. The molecule has 0 aromatic heterocycles. The Kier molecular flexibility index (Phi) is 1.99. The number of hydrogen-bond acceptors (Lipinski definition) is 4. The number of fused-ring (bicyclic) bond motifs is 1. The van der Waals surface area contributed by atoms with E-state index < -0.39 is 16.5 Å². The SMILES string of the molecule is CN1C(N)c2ccccc2OS1(=O)=O. The molecule has 14 heavy (non-hydrogen) atoms. The molecule has 1 aromatic carbocycles. The third-order valence-corrected chi connectivity index (χ3v) is 3.50. The van der Waals surface area contributed by atoms with Crippen LogP contribution in [0, 0.1) is 0 Å². The van der Waals surface area contributed by atoms with Crippen molar-refractivity contribution in [3.8, 4) is 5.75 Å². The van der Waals surface area contributed by atoms with Crippen molar-refractivity contribution in [2.75, 3.05) is 7.05 Å². The number of para-hydroxylation sites is 1. The van der Waals surface area contributed by atoms with Crippen molar-refractivity contribution >= 4 is 10.3 Å². The Hall–Kier alpha value is -1.11. The maximum absolute atomic E-state index is 11.4. The number of nitrogens with zero attached hydrogens (tertiary/aromatic N) is 1. The van der Waals surface area contributed by atoms with Crippen LogP contribution in [0.2, 0.25) is 0 Å². The fourth-order valence-electron chi connectivity index (χ4n) is 1.31. The summed E-state index contributed by atoms with van der Waals surface area (Å²) in [5.74, 6) is 0.304. The van der Waals surface area contributed by atoms with Crippen LogP contribution < -0.4 is 9.92 Å². The van der Waals surface area contributed by atoms with Gasteiger partial charge in [0.25, 0.3) is 0 Å². The van der Waals surface area contributed by atoms with E-state index in [1.54, 1.807) is 24.3 Å². The molecule has 6 heteroatoms. The maximum Gasteiger partial charge on any atom is 0.386 e. The zero-order chi connectivity index (χ0) is 10.3. The van der Waals surface area contributed by atoms with Gasteiger partial charge < -0.3 is 9.92 Å². The summed E-state index contributed by atoms with van der Waals surface area (Å²) in [5, 5.41) is 0. The first kappa shape index (κ1) is 9.45. The molecule has 2 N–H and O–H groups in total. The molecule has 2 rings (SSSR count). The monoisotopic (exact) mass is 214 g/mol. The molecule has 0 aliphatic carbocycles. The van der Waals surface area contributed by atoms with Gasteiger partial charge in [-0.2, -0.15) is 12.7 Å². The predicted molar refractivity (Wildman–Crippen MR) is 50.7 cm³/mol. The van der Waals surface area contributed by atoms with Crippen LogP contribution in [-0.4, -0.2) is 19.8 Å². The summed E-state index contributed by atoms with van der Waals surface area (Å²) in [6, 6.07) is 6.81. The Morgan fingerprint density at radius 3 is 2.79 bits per heavy atom. The van der Waals surface area contributed by atoms with Crippen molar-refractivity contribution in [2.45, 2.75) is 6.17 Å². The van der Waals surface area contributed by atoms with Crippen LogP contribution in [0.3, 0.4) is 0 Å². The van der Waals surface area contributed by atoms with Gasteiger partial charge in [-0.05, 0) is 6.07 Å². The zero-order valence-electron chi connectivity index (χ0n) is 7.54. The van der Waals surface area contributed by atoms with Gasteiger partial charge >= 0.3 is 10.3 Å². The molecule has 1 atom stereocenters. The van der Waals surface area contributed by atoms with Gasteiger partial charge in [0.1, 0.15) is 11.9 Å². The fraction of sp³-hybridized carbons (Fsp3) is 0.250. The highest BCUT2D eigenvalue weighted by Gasteiger charge is 2.34. The minimum atomic E-state index is -3.72. The molecule has 5 nitrogen and oxygen atoms in total. The van der Waals surface area contributed by atoms with Gasteiger partial charge in [-0.3, -0.25) is 0 Å². The molecule has 0 amide bonds. The van der Waals surface area contributed by atoms with Crippen molar-refractivity contribution in [3.05, 3.63) is 29.8 Å². The first-order valence-corrected chi connectivity index (χ1v) is 5.41. The average molecular weight is 214 g/mol. The van der Waals surface area contributed by atoms with Crippen molar-refractivity contribution in [3.63, 3.8) is 0 Å². The number of benzene rings is 1. The molecule has 0 saturated carbocycles. The second-order valence-electron chi connectivity index (χ2n) is 3.04. The Bertz CT molecular complexity index is 457. The second-order valence-corrected chi connectivity index (χ2v) is 4.64. The van der Waals surface area contributed by atoms with E-state index >= 15 is 0 Å². The van der Waals surface area contributed by atoms with Crippen LogP contribution in [0.25, 0.3) is 0 Å². The average Bonchev–Trinajstić information content (AvgIpc) is 2.14. The predicted octanol–water partition coefficient (Wildman–Crippen LogP) is 0.213. The summed E-state index contributed by atoms with van der Waals surface area (Å²) in [6.45, 7) is 0. The summed E-state index contributed by atoms with van der Waals surface area (Å²) >= 11 is 0. The maximum atomic E-state index is 11.4. The normalized spacial score (nSPS) is 25.1. The molecule has 0 fully saturated rings. The van der Waals surface area contributed by atoms with Crippen molar-refractivity contribution in [2.24, 2.45) is 5.73 Å². The highest BCUT2D eigenvalue weighted by atomic mass is 32.2. The largest absolute Gasteiger partial charge is 0.386 e. The zero-order valence-corrected chi connectivity index (χ0v) is 8.36. The van der Waals surface area contributed by atoms with Crippen LogP contribution in [0.5, 0.6) is 5.75 Å². The molecular formula is C8H10N2O3S. The summed E-state index contributed by atoms with van der Waals surface area (Å²) in [4.78, 5) is 0. The van der Waals surface area contributed by atoms with Crippen LogP contribution in [0.15, 0.2) is 24.3 Å². The topological polar surface area (TPSA) is 72.6 Å². The van der Waals surface area contributed by atoms with E-state index in [1.165, 1.54) is 7.05 Å². The van der Waals surface area contributed by atoms with E-state index in [0.717, 1.165) is 4.31 Å². The van der Waals surface area contributed by atoms with Gasteiger partial charge in [-0.1, -0.05) is 18.2 Å². The Labute approximate surface area is 82.3 Å². The Balaban J connectivity index is 2.59. The molecule has 1 unspecified atom stereocenters. The molecule has 0 spiro atoms. The number of rotatable bonds is 0. The van der Waals surface area contributed by atoms with E-state index in [0.29, 0.717) is 11.3 Å². The summed E-state index contributed by atoms with van der Waals surface area (Å²) < 4.78 is 28.6. The fourth-order valence-corrected chi connectivity index (χ4v) is 2.20. The smallest absolute Gasteiger partial charge is 0.370 e. The van der Waals surface area contributed by atoms with E-state index in [-0.39, 0.29) is 0 Å². The third kappa shape index (κ3) is 1.28. The minimum Gasteiger partial charge on any atom is -0.370 e. The molecule has 0 saturated heterocycles. The van der Waals surface area contributed by atoms with Gasteiger partial charge in [0, 0.05) is 12.6 Å². The summed E-state index contributed by atoms with van der Waals surface area (Å²) in [6.07, 6.45) is -0.676. The molecule has 1 aromatic rings. The number of nitrogens with two attached hydrogens (primary N) is 1. The molecule has 1 heterocycles. The van der Waals surface area contributed by atoms with E-state index in [1.807, 2.05) is 0 Å². The highest BCUT2D eigenvalue weighted by molar-refractivity contribution is 7.84. The second kappa shape index (κ2) is 2.94. The summed E-state index contributed by atoms with van der Waals surface area (Å²) in [7, 11) is -2.33. The lowest BCUT2D eigenvalue weighted by Gasteiger charge is -2.30. The number of hydrogen-bond donors (Lipinski definition) is 1. The Morgan fingerprint density at radius 1 is 1.43 bits per heavy atom. The lowest BCUT2D eigenvalue weighted by molar-refractivity contribution is 0.308. The van der Waals surface area contributed by atoms with Crippen LogP contribution in [-0.2, 0) is 10.3 Å². The molecular weight excluding hydrogens is 204 g/mol. The first-order valence-electron chi connectivity index (χ1n) is 4.04. The lowest BCUT2D eigenvalue weighted by atomic mass is 10.1. The molecule has 1 aliphatic heterocycles. The standard InChI is InChI=1S/C8H10N2O3S/c1-10-8(9)6-4-2-3-5-7(6)13-14(10,11)12/h2-5,8H,9H2,1H3. The Morgan fingerprint density at radius 2 is 2.07 bits per heavy atom. The van der Waals surface area contributed by atoms with Crippen LogP contribution in [0.1, 0.15) is 11.7 Å². The van der Waals surface area contributed by atoms with Crippen LogP contribution in [0.4, 0.5) is 0 Å². The van der Waals surface area contributed by atoms with Gasteiger partial charge in [0.2, 0.25) is 0 Å². The molecule has 0 bridgehead atoms. The van der Waals surface area contributed by atoms with Crippen molar-refractivity contribution < 1.29 is 12.6 Å². The molecule has 1 aliphatic rings. The van der Waals surface area contributed by atoms with E-state index in [2.05, 4.69) is 0 Å². The quantitative estimate of drug-likeness (QED) is 0.670. The molecule has 0 radical (unpaired) electrons. The van der Waals surface area contributed by atoms with E-state index in [9.17, 15) is 8.42 Å². The van der Waals surface area contributed by atoms with Gasteiger partial charge in [0.05, 0.1) is 0 Å². The van der Waals surface area contributed by atoms with Crippen molar-refractivity contribution in [1.82, 2.24) is 4.31 Å². The van der Waals surface area contributed by atoms with Crippen molar-refractivity contribution in [1.29, 1.82) is 0 Å². The first-order chi connectivity index (χ1) is 6.52. The third-order valence-electron chi connectivity index (χ3n) is 2.18. The molecule has 76 valence electrons. The van der Waals surface area contributed by atoms with Gasteiger partial charge in [-0.15, -0.1) is 0 Å². The van der Waals surface area contributed by atoms with Crippen LogP contribution >= 0.6 is 0 Å². The van der Waals surface area contributed by atoms with Gasteiger partial charge in [-0.25, -0.2) is 0 Å². The highest BCUT2D eigenvalue weighted by Crippen LogP contribution is 2.32. The van der Waals surface area contributed by atoms with Gasteiger partial charge in [0.15, 0.2) is 0 Å². The van der Waals surface area contributed by atoms with E-state index in [4.69, 9.17) is 9.92 Å².